The first-order valence-corrected chi connectivity index (χ1v) is 7.05. The fourth-order valence-electron chi connectivity index (χ4n) is 2.12. The molecule has 0 bridgehead atoms. The van der Waals surface area contributed by atoms with Gasteiger partial charge in [0.05, 0.1) is 11.2 Å². The number of hydrogen-bond donors (Lipinski definition) is 1. The third-order valence-electron chi connectivity index (χ3n) is 3.11. The summed E-state index contributed by atoms with van der Waals surface area (Å²) in [6.07, 6.45) is 1.77. The lowest BCUT2D eigenvalue weighted by Crippen LogP contribution is -2.01. The van der Waals surface area contributed by atoms with Gasteiger partial charge in [0, 0.05) is 22.6 Å². The Labute approximate surface area is 124 Å². The van der Waals surface area contributed by atoms with E-state index in [1.54, 1.807) is 12.3 Å². The molecular formula is C16H12BrFN2. The molecule has 0 unspecified atom stereocenters. The van der Waals surface area contributed by atoms with Gasteiger partial charge in [-0.2, -0.15) is 0 Å². The van der Waals surface area contributed by atoms with Crippen molar-refractivity contribution in [3.8, 4) is 0 Å². The number of pyridine rings is 1. The van der Waals surface area contributed by atoms with Crippen molar-refractivity contribution in [2.24, 2.45) is 0 Å². The molecule has 0 atom stereocenters. The largest absolute Gasteiger partial charge is 0.379 e. The molecule has 0 saturated carbocycles. The van der Waals surface area contributed by atoms with Gasteiger partial charge in [-0.25, -0.2) is 4.39 Å². The summed E-state index contributed by atoms with van der Waals surface area (Å²) in [4.78, 5) is 4.39. The first-order valence-electron chi connectivity index (χ1n) is 6.25. The molecule has 1 aromatic heterocycles. The second kappa shape index (κ2) is 5.59. The van der Waals surface area contributed by atoms with Crippen LogP contribution in [-0.2, 0) is 6.54 Å². The van der Waals surface area contributed by atoms with Crippen LogP contribution in [-0.4, -0.2) is 4.98 Å². The summed E-state index contributed by atoms with van der Waals surface area (Å²) in [6.45, 7) is 0.536. The van der Waals surface area contributed by atoms with Gasteiger partial charge in [0.2, 0.25) is 0 Å². The third kappa shape index (κ3) is 2.65. The van der Waals surface area contributed by atoms with Crippen LogP contribution in [0.2, 0.25) is 0 Å². The average Bonchev–Trinajstić information content (AvgIpc) is 2.48. The van der Waals surface area contributed by atoms with Gasteiger partial charge >= 0.3 is 0 Å². The number of nitrogens with one attached hydrogen (secondary N) is 1. The topological polar surface area (TPSA) is 24.9 Å². The first kappa shape index (κ1) is 13.1. The van der Waals surface area contributed by atoms with Gasteiger partial charge in [-0.05, 0) is 35.9 Å². The van der Waals surface area contributed by atoms with Crippen LogP contribution in [0.3, 0.4) is 0 Å². The maximum Gasteiger partial charge on any atom is 0.123 e. The van der Waals surface area contributed by atoms with Gasteiger partial charge in [0.25, 0.3) is 0 Å². The van der Waals surface area contributed by atoms with Crippen molar-refractivity contribution in [3.05, 3.63) is 70.6 Å². The molecule has 2 aromatic carbocycles. The lowest BCUT2D eigenvalue weighted by atomic mass is 10.1. The first-order chi connectivity index (χ1) is 9.74. The fraction of sp³-hybridized carbons (Fsp3) is 0.0625. The number of hydrogen-bond acceptors (Lipinski definition) is 2. The molecule has 3 aromatic rings. The number of nitrogens with zero attached hydrogens (tertiary/aromatic N) is 1. The molecule has 1 heterocycles. The highest BCUT2D eigenvalue weighted by Crippen LogP contribution is 2.23. The molecule has 0 aliphatic carbocycles. The van der Waals surface area contributed by atoms with Crippen LogP contribution in [0.5, 0.6) is 0 Å². The predicted octanol–water partition coefficient (Wildman–Crippen LogP) is 4.75. The standard InChI is InChI=1S/C16H12BrFN2/c17-14-7-6-13(18)9-12(14)10-20-15-5-1-3-11-4-2-8-19-16(11)15/h1-9,20H,10H2. The summed E-state index contributed by atoms with van der Waals surface area (Å²) in [6, 6.07) is 14.6. The van der Waals surface area contributed by atoms with Crippen molar-refractivity contribution in [2.75, 3.05) is 5.32 Å². The summed E-state index contributed by atoms with van der Waals surface area (Å²) in [5.41, 5.74) is 2.74. The van der Waals surface area contributed by atoms with Gasteiger partial charge in [-0.3, -0.25) is 4.98 Å². The van der Waals surface area contributed by atoms with Crippen LogP contribution in [0.15, 0.2) is 59.2 Å². The Morgan fingerprint density at radius 2 is 1.95 bits per heavy atom. The lowest BCUT2D eigenvalue weighted by molar-refractivity contribution is 0.625. The maximum atomic E-state index is 13.3. The summed E-state index contributed by atoms with van der Waals surface area (Å²) in [5, 5.41) is 4.39. The molecule has 0 aliphatic heterocycles. The van der Waals surface area contributed by atoms with E-state index in [4.69, 9.17) is 0 Å². The Kier molecular flexibility index (Phi) is 3.65. The molecule has 0 spiro atoms. The van der Waals surface area contributed by atoms with Crippen molar-refractivity contribution in [1.82, 2.24) is 4.98 Å². The average molecular weight is 331 g/mol. The molecule has 100 valence electrons. The molecular weight excluding hydrogens is 319 g/mol. The van der Waals surface area contributed by atoms with Crippen LogP contribution in [0.1, 0.15) is 5.56 Å². The van der Waals surface area contributed by atoms with Gasteiger partial charge < -0.3 is 5.32 Å². The van der Waals surface area contributed by atoms with E-state index in [0.717, 1.165) is 26.6 Å². The summed E-state index contributed by atoms with van der Waals surface area (Å²) >= 11 is 3.43. The molecule has 0 radical (unpaired) electrons. The minimum Gasteiger partial charge on any atom is -0.379 e. The summed E-state index contributed by atoms with van der Waals surface area (Å²) < 4.78 is 14.2. The van der Waals surface area contributed by atoms with E-state index in [1.165, 1.54) is 12.1 Å². The zero-order valence-electron chi connectivity index (χ0n) is 10.6. The second-order valence-electron chi connectivity index (χ2n) is 4.47. The quantitative estimate of drug-likeness (QED) is 0.749. The van der Waals surface area contributed by atoms with Crippen molar-refractivity contribution in [3.63, 3.8) is 0 Å². The highest BCUT2D eigenvalue weighted by Gasteiger charge is 2.04. The monoisotopic (exact) mass is 330 g/mol. The third-order valence-corrected chi connectivity index (χ3v) is 3.88. The molecule has 0 fully saturated rings. The molecule has 4 heteroatoms. The molecule has 2 nitrogen and oxygen atoms in total. The Morgan fingerprint density at radius 1 is 1.10 bits per heavy atom. The minimum atomic E-state index is -0.235. The number of fused-ring (bicyclic) bond motifs is 1. The molecule has 0 aliphatic rings. The predicted molar refractivity (Wildman–Crippen MR) is 83.2 cm³/mol. The summed E-state index contributed by atoms with van der Waals surface area (Å²) in [7, 11) is 0. The maximum absolute atomic E-state index is 13.3. The van der Waals surface area contributed by atoms with Crippen molar-refractivity contribution in [1.29, 1.82) is 0 Å². The van der Waals surface area contributed by atoms with E-state index in [9.17, 15) is 4.39 Å². The fourth-order valence-corrected chi connectivity index (χ4v) is 2.50. The Bertz CT molecular complexity index is 753. The molecule has 20 heavy (non-hydrogen) atoms. The SMILES string of the molecule is Fc1ccc(Br)c(CNc2cccc3cccnc23)c1. The van der Waals surface area contributed by atoms with Crippen LogP contribution in [0.25, 0.3) is 10.9 Å². The molecule has 0 amide bonds. The smallest absolute Gasteiger partial charge is 0.123 e. The van der Waals surface area contributed by atoms with Gasteiger partial charge in [-0.1, -0.05) is 34.1 Å². The van der Waals surface area contributed by atoms with Crippen molar-refractivity contribution >= 4 is 32.5 Å². The highest BCUT2D eigenvalue weighted by molar-refractivity contribution is 9.10. The van der Waals surface area contributed by atoms with Crippen LogP contribution >= 0.6 is 15.9 Å². The Hall–Kier alpha value is -1.94. The lowest BCUT2D eigenvalue weighted by Gasteiger charge is -2.10. The minimum absolute atomic E-state index is 0.235. The number of halogens is 2. The van der Waals surface area contributed by atoms with E-state index < -0.39 is 0 Å². The molecule has 3 rings (SSSR count). The van der Waals surface area contributed by atoms with E-state index in [2.05, 4.69) is 26.2 Å². The van der Waals surface area contributed by atoms with Crippen molar-refractivity contribution in [2.45, 2.75) is 6.54 Å². The Balaban J connectivity index is 1.89. The van der Waals surface area contributed by atoms with Gasteiger partial charge in [0.15, 0.2) is 0 Å². The van der Waals surface area contributed by atoms with Crippen LogP contribution < -0.4 is 5.32 Å². The molecule has 1 N–H and O–H groups in total. The number of para-hydroxylation sites is 1. The van der Waals surface area contributed by atoms with Gasteiger partial charge in [0.1, 0.15) is 5.82 Å². The van der Waals surface area contributed by atoms with Crippen LogP contribution in [0.4, 0.5) is 10.1 Å². The zero-order valence-corrected chi connectivity index (χ0v) is 12.2. The zero-order chi connectivity index (χ0) is 13.9. The Morgan fingerprint density at radius 3 is 2.85 bits per heavy atom. The number of benzene rings is 2. The summed E-state index contributed by atoms with van der Waals surface area (Å²) in [5.74, 6) is -0.235. The number of rotatable bonds is 3. The van der Waals surface area contributed by atoms with E-state index in [0.29, 0.717) is 6.54 Å². The normalized spacial score (nSPS) is 10.7. The van der Waals surface area contributed by atoms with E-state index in [-0.39, 0.29) is 5.82 Å². The molecule has 0 saturated heterocycles. The second-order valence-corrected chi connectivity index (χ2v) is 5.32. The van der Waals surface area contributed by atoms with Gasteiger partial charge in [-0.15, -0.1) is 0 Å². The van der Waals surface area contributed by atoms with E-state index in [1.807, 2.05) is 30.3 Å². The number of aromatic nitrogens is 1. The van der Waals surface area contributed by atoms with E-state index >= 15 is 0 Å². The highest BCUT2D eigenvalue weighted by atomic mass is 79.9. The van der Waals surface area contributed by atoms with Crippen LogP contribution in [0, 0.1) is 5.82 Å². The number of anilines is 1. The van der Waals surface area contributed by atoms with Crippen molar-refractivity contribution < 1.29 is 4.39 Å².